The number of rotatable bonds is 4. The monoisotopic (exact) mass is 376 g/mol. The fourth-order valence-corrected chi connectivity index (χ4v) is 3.45. The quantitative estimate of drug-likeness (QED) is 0.542. The van der Waals surface area contributed by atoms with E-state index in [0.717, 1.165) is 27.9 Å². The van der Waals surface area contributed by atoms with Gasteiger partial charge in [-0.1, -0.05) is 75.0 Å². The molecule has 1 unspecified atom stereocenters. The lowest BCUT2D eigenvalue weighted by Gasteiger charge is -2.17. The number of alkyl halides is 1. The van der Waals surface area contributed by atoms with Crippen LogP contribution in [0.15, 0.2) is 42.5 Å². The van der Waals surface area contributed by atoms with Crippen molar-refractivity contribution in [3.05, 3.63) is 68.7 Å². The third kappa shape index (κ3) is 3.66. The molecule has 0 saturated carbocycles. The molecule has 2 aromatic carbocycles. The largest absolute Gasteiger partial charge is 0.0921 e. The first kappa shape index (κ1) is 15.2. The van der Waals surface area contributed by atoms with Gasteiger partial charge in [-0.15, -0.1) is 0 Å². The normalized spacial score (nSPS) is 12.4. The van der Waals surface area contributed by atoms with Crippen LogP contribution in [0.1, 0.15) is 17.0 Å². The number of halogens is 4. The third-order valence-electron chi connectivity index (χ3n) is 3.04. The van der Waals surface area contributed by atoms with Crippen LogP contribution >= 0.6 is 50.7 Å². The summed E-state index contributed by atoms with van der Waals surface area (Å²) in [4.78, 5) is 0. The highest BCUT2D eigenvalue weighted by Gasteiger charge is 2.17. The van der Waals surface area contributed by atoms with Crippen LogP contribution in [0.2, 0.25) is 15.1 Å². The lowest BCUT2D eigenvalue weighted by atomic mass is 9.93. The Labute approximate surface area is 136 Å². The maximum absolute atomic E-state index is 6.26. The van der Waals surface area contributed by atoms with Crippen molar-refractivity contribution in [2.75, 3.05) is 5.33 Å². The van der Waals surface area contributed by atoms with Crippen LogP contribution in [-0.2, 0) is 6.42 Å². The van der Waals surface area contributed by atoms with Gasteiger partial charge in [-0.05, 0) is 41.7 Å². The predicted octanol–water partition coefficient (Wildman–Crippen LogP) is 6.37. The van der Waals surface area contributed by atoms with Gasteiger partial charge in [0.25, 0.3) is 0 Å². The molecular weight excluding hydrogens is 366 g/mol. The second-order valence-electron chi connectivity index (χ2n) is 4.28. The standard InChI is InChI=1S/C15H12BrCl3/c16-9-10(11-4-1-2-5-13(11)17)8-12-14(18)6-3-7-15(12)19/h1-7,10H,8-9H2. The van der Waals surface area contributed by atoms with Crippen LogP contribution in [0.5, 0.6) is 0 Å². The van der Waals surface area contributed by atoms with Crippen LogP contribution in [0, 0.1) is 0 Å². The van der Waals surface area contributed by atoms with E-state index in [0.29, 0.717) is 10.0 Å². The molecule has 2 aromatic rings. The van der Waals surface area contributed by atoms with Crippen LogP contribution in [0.3, 0.4) is 0 Å². The molecule has 0 bridgehead atoms. The molecule has 1 atom stereocenters. The van der Waals surface area contributed by atoms with Gasteiger partial charge in [-0.2, -0.15) is 0 Å². The van der Waals surface area contributed by atoms with Gasteiger partial charge >= 0.3 is 0 Å². The van der Waals surface area contributed by atoms with E-state index in [1.165, 1.54) is 0 Å². The molecule has 4 heteroatoms. The third-order valence-corrected chi connectivity index (χ3v) is 4.88. The first-order chi connectivity index (χ1) is 9.13. The Balaban J connectivity index is 2.32. The topological polar surface area (TPSA) is 0 Å². The molecule has 0 N–H and O–H groups in total. The van der Waals surface area contributed by atoms with Crippen molar-refractivity contribution < 1.29 is 0 Å². The van der Waals surface area contributed by atoms with Crippen LogP contribution in [0.25, 0.3) is 0 Å². The fourth-order valence-electron chi connectivity index (χ4n) is 2.03. The minimum Gasteiger partial charge on any atom is -0.0921 e. The Kier molecular flexibility index (Phi) is 5.58. The minimum absolute atomic E-state index is 0.242. The molecule has 0 aromatic heterocycles. The van der Waals surface area contributed by atoms with E-state index in [9.17, 15) is 0 Å². The molecule has 0 fully saturated rings. The van der Waals surface area contributed by atoms with E-state index >= 15 is 0 Å². The smallest absolute Gasteiger partial charge is 0.0453 e. The summed E-state index contributed by atoms with van der Waals surface area (Å²) in [6.07, 6.45) is 0.757. The lowest BCUT2D eigenvalue weighted by Crippen LogP contribution is -2.06. The lowest BCUT2D eigenvalue weighted by molar-refractivity contribution is 0.776. The Hall–Kier alpha value is -0.210. The second-order valence-corrected chi connectivity index (χ2v) is 6.15. The van der Waals surface area contributed by atoms with Crippen molar-refractivity contribution in [1.82, 2.24) is 0 Å². The van der Waals surface area contributed by atoms with E-state index in [2.05, 4.69) is 15.9 Å². The van der Waals surface area contributed by atoms with Gasteiger partial charge in [0, 0.05) is 20.4 Å². The highest BCUT2D eigenvalue weighted by Crippen LogP contribution is 2.33. The Bertz CT molecular complexity index is 549. The van der Waals surface area contributed by atoms with Crippen molar-refractivity contribution >= 4 is 50.7 Å². The average Bonchev–Trinajstić information content (AvgIpc) is 2.40. The average molecular weight is 379 g/mol. The molecule has 100 valence electrons. The van der Waals surface area contributed by atoms with Gasteiger partial charge in [0.15, 0.2) is 0 Å². The Morgan fingerprint density at radius 1 is 0.842 bits per heavy atom. The SMILES string of the molecule is Clc1ccccc1C(CBr)Cc1c(Cl)cccc1Cl. The van der Waals surface area contributed by atoms with E-state index in [1.807, 2.05) is 42.5 Å². The molecule has 0 aliphatic carbocycles. The highest BCUT2D eigenvalue weighted by molar-refractivity contribution is 9.09. The molecule has 0 saturated heterocycles. The Morgan fingerprint density at radius 3 is 2.00 bits per heavy atom. The summed E-state index contributed by atoms with van der Waals surface area (Å²) in [5.41, 5.74) is 2.08. The zero-order valence-electron chi connectivity index (χ0n) is 10.0. The van der Waals surface area contributed by atoms with Crippen LogP contribution in [-0.4, -0.2) is 5.33 Å². The summed E-state index contributed by atoms with van der Waals surface area (Å²) in [5.74, 6) is 0.242. The van der Waals surface area contributed by atoms with Crippen molar-refractivity contribution in [2.45, 2.75) is 12.3 Å². The molecule has 0 radical (unpaired) electrons. The van der Waals surface area contributed by atoms with Gasteiger partial charge in [0.05, 0.1) is 0 Å². The zero-order chi connectivity index (χ0) is 13.8. The van der Waals surface area contributed by atoms with Crippen molar-refractivity contribution in [2.24, 2.45) is 0 Å². The molecule has 0 aliphatic heterocycles. The van der Waals surface area contributed by atoms with Crippen molar-refractivity contribution in [3.63, 3.8) is 0 Å². The number of benzene rings is 2. The highest BCUT2D eigenvalue weighted by atomic mass is 79.9. The maximum atomic E-state index is 6.26. The molecular formula is C15H12BrCl3. The van der Waals surface area contributed by atoms with E-state index < -0.39 is 0 Å². The molecule has 0 nitrogen and oxygen atoms in total. The molecule has 0 heterocycles. The maximum Gasteiger partial charge on any atom is 0.0453 e. The van der Waals surface area contributed by atoms with E-state index in [-0.39, 0.29) is 5.92 Å². The molecule has 2 rings (SSSR count). The van der Waals surface area contributed by atoms with Gasteiger partial charge < -0.3 is 0 Å². The molecule has 0 amide bonds. The zero-order valence-corrected chi connectivity index (χ0v) is 13.9. The molecule has 19 heavy (non-hydrogen) atoms. The van der Waals surface area contributed by atoms with Crippen molar-refractivity contribution in [3.8, 4) is 0 Å². The second kappa shape index (κ2) is 6.99. The van der Waals surface area contributed by atoms with Gasteiger partial charge in [-0.3, -0.25) is 0 Å². The minimum atomic E-state index is 0.242. The van der Waals surface area contributed by atoms with Crippen LogP contribution in [0.4, 0.5) is 0 Å². The summed E-state index contributed by atoms with van der Waals surface area (Å²) in [5, 5.41) is 2.98. The van der Waals surface area contributed by atoms with Crippen molar-refractivity contribution in [1.29, 1.82) is 0 Å². The van der Waals surface area contributed by atoms with Crippen LogP contribution < -0.4 is 0 Å². The predicted molar refractivity (Wildman–Crippen MR) is 88.2 cm³/mol. The summed E-state index contributed by atoms with van der Waals surface area (Å²) < 4.78 is 0. The Morgan fingerprint density at radius 2 is 1.42 bits per heavy atom. The van der Waals surface area contributed by atoms with E-state index in [1.54, 1.807) is 0 Å². The summed E-state index contributed by atoms with van der Waals surface area (Å²) >= 11 is 22.3. The molecule has 0 spiro atoms. The number of hydrogen-bond acceptors (Lipinski definition) is 0. The van der Waals surface area contributed by atoms with E-state index in [4.69, 9.17) is 34.8 Å². The van der Waals surface area contributed by atoms with Gasteiger partial charge in [0.1, 0.15) is 0 Å². The fraction of sp³-hybridized carbons (Fsp3) is 0.200. The molecule has 0 aliphatic rings. The van der Waals surface area contributed by atoms with Gasteiger partial charge in [0.2, 0.25) is 0 Å². The summed E-state index contributed by atoms with van der Waals surface area (Å²) in [6, 6.07) is 13.4. The van der Waals surface area contributed by atoms with Gasteiger partial charge in [-0.25, -0.2) is 0 Å². The summed E-state index contributed by atoms with van der Waals surface area (Å²) in [6.45, 7) is 0. The first-order valence-electron chi connectivity index (χ1n) is 5.86. The summed E-state index contributed by atoms with van der Waals surface area (Å²) in [7, 11) is 0. The number of hydrogen-bond donors (Lipinski definition) is 0. The first-order valence-corrected chi connectivity index (χ1v) is 8.12.